The molecule has 0 amide bonds. The number of aromatic amines is 1. The van der Waals surface area contributed by atoms with Gasteiger partial charge in [0.15, 0.2) is 4.77 Å². The topological polar surface area (TPSA) is 20.7 Å². The first-order chi connectivity index (χ1) is 6.26. The first-order valence-corrected chi connectivity index (χ1v) is 5.40. The van der Waals surface area contributed by atoms with E-state index in [0.717, 1.165) is 11.3 Å². The number of rotatable bonds is 3. The van der Waals surface area contributed by atoms with Crippen LogP contribution in [0.15, 0.2) is 12.4 Å². The van der Waals surface area contributed by atoms with Crippen LogP contribution in [0, 0.1) is 10.2 Å². The van der Waals surface area contributed by atoms with Gasteiger partial charge in [0.2, 0.25) is 0 Å². The molecule has 13 heavy (non-hydrogen) atoms. The fraction of sp³-hybridized carbons (Fsp3) is 0.700. The summed E-state index contributed by atoms with van der Waals surface area (Å²) < 4.78 is 3.03. The van der Waals surface area contributed by atoms with Crippen LogP contribution in [0.1, 0.15) is 32.6 Å². The second-order valence-electron chi connectivity index (χ2n) is 4.10. The van der Waals surface area contributed by atoms with E-state index in [0.29, 0.717) is 5.41 Å². The van der Waals surface area contributed by atoms with E-state index >= 15 is 0 Å². The summed E-state index contributed by atoms with van der Waals surface area (Å²) in [6.07, 6.45) is 9.39. The van der Waals surface area contributed by atoms with Gasteiger partial charge in [-0.05, 0) is 36.9 Å². The van der Waals surface area contributed by atoms with Crippen LogP contribution in [0.3, 0.4) is 0 Å². The lowest BCUT2D eigenvalue weighted by Crippen LogP contribution is -2.33. The van der Waals surface area contributed by atoms with Gasteiger partial charge in [0.05, 0.1) is 0 Å². The zero-order valence-electron chi connectivity index (χ0n) is 8.05. The lowest BCUT2D eigenvalue weighted by atomic mass is 9.67. The quantitative estimate of drug-likeness (QED) is 0.737. The first kappa shape index (κ1) is 9.00. The molecule has 1 fully saturated rings. The standard InChI is InChI=1S/C10H16N2S/c1-2-10(4-3-5-10)8-12-7-6-11-9(12)13/h6-7H,2-5,8H2,1H3,(H,11,13). The van der Waals surface area contributed by atoms with E-state index in [1.165, 1.54) is 25.7 Å². The molecule has 3 heteroatoms. The Hall–Kier alpha value is -0.570. The highest BCUT2D eigenvalue weighted by Crippen LogP contribution is 2.45. The molecule has 0 aromatic carbocycles. The van der Waals surface area contributed by atoms with Crippen LogP contribution in [0.25, 0.3) is 0 Å². The van der Waals surface area contributed by atoms with E-state index in [9.17, 15) is 0 Å². The number of nitrogens with one attached hydrogen (secondary N) is 1. The Morgan fingerprint density at radius 1 is 1.62 bits per heavy atom. The molecule has 1 aliphatic rings. The lowest BCUT2D eigenvalue weighted by Gasteiger charge is -2.41. The van der Waals surface area contributed by atoms with Crippen molar-refractivity contribution in [2.45, 2.75) is 39.2 Å². The second-order valence-corrected chi connectivity index (χ2v) is 4.49. The summed E-state index contributed by atoms with van der Waals surface area (Å²) in [6.45, 7) is 3.39. The summed E-state index contributed by atoms with van der Waals surface area (Å²) >= 11 is 5.18. The van der Waals surface area contributed by atoms with Gasteiger partial charge in [-0.3, -0.25) is 0 Å². The monoisotopic (exact) mass is 196 g/mol. The minimum atomic E-state index is 0.556. The maximum atomic E-state index is 5.18. The number of hydrogen-bond donors (Lipinski definition) is 1. The van der Waals surface area contributed by atoms with E-state index in [1.54, 1.807) is 0 Å². The Morgan fingerprint density at radius 3 is 2.77 bits per heavy atom. The molecule has 0 saturated heterocycles. The molecule has 1 saturated carbocycles. The van der Waals surface area contributed by atoms with Gasteiger partial charge in [-0.15, -0.1) is 0 Å². The zero-order chi connectivity index (χ0) is 9.31. The predicted molar refractivity (Wildman–Crippen MR) is 56.2 cm³/mol. The van der Waals surface area contributed by atoms with E-state index < -0.39 is 0 Å². The third kappa shape index (κ3) is 1.57. The summed E-state index contributed by atoms with van der Waals surface area (Å²) in [5.74, 6) is 0. The molecule has 0 atom stereocenters. The van der Waals surface area contributed by atoms with Crippen molar-refractivity contribution < 1.29 is 0 Å². The molecular weight excluding hydrogens is 180 g/mol. The summed E-state index contributed by atoms with van der Waals surface area (Å²) in [6, 6.07) is 0. The average Bonchev–Trinajstić information content (AvgIpc) is 2.44. The smallest absolute Gasteiger partial charge is 0.177 e. The third-order valence-corrected chi connectivity index (χ3v) is 3.74. The van der Waals surface area contributed by atoms with Gasteiger partial charge < -0.3 is 9.55 Å². The maximum absolute atomic E-state index is 5.18. The Balaban J connectivity index is 2.13. The van der Waals surface area contributed by atoms with Crippen LogP contribution in [-0.2, 0) is 6.54 Å². The summed E-state index contributed by atoms with van der Waals surface area (Å²) in [5, 5.41) is 0. The fourth-order valence-corrected chi connectivity index (χ4v) is 2.33. The SMILES string of the molecule is CCC1(Cn2cc[nH]c2=S)CCC1. The minimum absolute atomic E-state index is 0.556. The van der Waals surface area contributed by atoms with Crippen molar-refractivity contribution in [3.63, 3.8) is 0 Å². The van der Waals surface area contributed by atoms with Gasteiger partial charge in [0.25, 0.3) is 0 Å². The maximum Gasteiger partial charge on any atom is 0.177 e. The van der Waals surface area contributed by atoms with Gasteiger partial charge >= 0.3 is 0 Å². The normalized spacial score (nSPS) is 19.8. The molecule has 0 radical (unpaired) electrons. The Morgan fingerprint density at radius 2 is 2.38 bits per heavy atom. The van der Waals surface area contributed by atoms with E-state index in [2.05, 4.69) is 22.7 Å². The van der Waals surface area contributed by atoms with Crippen LogP contribution in [-0.4, -0.2) is 9.55 Å². The molecule has 0 aliphatic heterocycles. The van der Waals surface area contributed by atoms with Gasteiger partial charge in [-0.25, -0.2) is 0 Å². The number of aromatic nitrogens is 2. The first-order valence-electron chi connectivity index (χ1n) is 5.00. The third-order valence-electron chi connectivity index (χ3n) is 3.39. The molecule has 1 aliphatic carbocycles. The van der Waals surface area contributed by atoms with Crippen LogP contribution in [0.2, 0.25) is 0 Å². The average molecular weight is 196 g/mol. The largest absolute Gasteiger partial charge is 0.337 e. The molecule has 1 aromatic rings. The summed E-state index contributed by atoms with van der Waals surface area (Å²) in [5.41, 5.74) is 0.556. The highest BCUT2D eigenvalue weighted by molar-refractivity contribution is 7.71. The highest BCUT2D eigenvalue weighted by atomic mass is 32.1. The van der Waals surface area contributed by atoms with Crippen LogP contribution in [0.4, 0.5) is 0 Å². The van der Waals surface area contributed by atoms with E-state index in [1.807, 2.05) is 6.20 Å². The predicted octanol–water partition coefficient (Wildman–Crippen LogP) is 3.13. The molecule has 1 aromatic heterocycles. The van der Waals surface area contributed by atoms with Gasteiger partial charge in [-0.1, -0.05) is 13.3 Å². The van der Waals surface area contributed by atoms with Crippen molar-refractivity contribution in [3.8, 4) is 0 Å². The highest BCUT2D eigenvalue weighted by Gasteiger charge is 2.35. The van der Waals surface area contributed by atoms with Gasteiger partial charge in [0.1, 0.15) is 0 Å². The minimum Gasteiger partial charge on any atom is -0.337 e. The molecule has 1 heterocycles. The molecule has 72 valence electrons. The van der Waals surface area contributed by atoms with Crippen molar-refractivity contribution in [1.82, 2.24) is 9.55 Å². The molecular formula is C10H16N2S. The van der Waals surface area contributed by atoms with Crippen molar-refractivity contribution in [2.24, 2.45) is 5.41 Å². The molecule has 0 spiro atoms. The zero-order valence-corrected chi connectivity index (χ0v) is 8.86. The number of imidazole rings is 1. The van der Waals surface area contributed by atoms with E-state index in [4.69, 9.17) is 12.2 Å². The van der Waals surface area contributed by atoms with Crippen LogP contribution >= 0.6 is 12.2 Å². The van der Waals surface area contributed by atoms with Crippen molar-refractivity contribution in [3.05, 3.63) is 17.2 Å². The van der Waals surface area contributed by atoms with Crippen molar-refractivity contribution in [2.75, 3.05) is 0 Å². The molecule has 0 unspecified atom stereocenters. The Bertz CT molecular complexity index is 327. The van der Waals surface area contributed by atoms with Crippen LogP contribution in [0.5, 0.6) is 0 Å². The van der Waals surface area contributed by atoms with Gasteiger partial charge in [-0.2, -0.15) is 0 Å². The van der Waals surface area contributed by atoms with Crippen molar-refractivity contribution in [1.29, 1.82) is 0 Å². The second kappa shape index (κ2) is 3.29. The molecule has 2 rings (SSSR count). The van der Waals surface area contributed by atoms with E-state index in [-0.39, 0.29) is 0 Å². The number of nitrogens with zero attached hydrogens (tertiary/aromatic N) is 1. The Labute approximate surface area is 84.0 Å². The molecule has 1 N–H and O–H groups in total. The Kier molecular flexibility index (Phi) is 2.28. The lowest BCUT2D eigenvalue weighted by molar-refractivity contribution is 0.0998. The number of H-pyrrole nitrogens is 1. The summed E-state index contributed by atoms with van der Waals surface area (Å²) in [4.78, 5) is 3.04. The molecule has 0 bridgehead atoms. The van der Waals surface area contributed by atoms with Crippen molar-refractivity contribution >= 4 is 12.2 Å². The summed E-state index contributed by atoms with van der Waals surface area (Å²) in [7, 11) is 0. The van der Waals surface area contributed by atoms with Gasteiger partial charge in [0, 0.05) is 18.9 Å². The molecule has 2 nitrogen and oxygen atoms in total. The number of hydrogen-bond acceptors (Lipinski definition) is 1. The fourth-order valence-electron chi connectivity index (χ4n) is 2.14. The van der Waals surface area contributed by atoms with Crippen LogP contribution < -0.4 is 0 Å².